The molecule has 0 radical (unpaired) electrons. The van der Waals surface area contributed by atoms with Crippen LogP contribution in [0.1, 0.15) is 0 Å². The molecule has 0 aliphatic rings. The topological polar surface area (TPSA) is 75.9 Å². The van der Waals surface area contributed by atoms with Gasteiger partial charge in [0.1, 0.15) is 0 Å². The molecule has 0 fully saturated rings. The van der Waals surface area contributed by atoms with E-state index in [9.17, 15) is 0 Å². The largest absolute Gasteiger partial charge is 0.370 e. The summed E-state index contributed by atoms with van der Waals surface area (Å²) in [6, 6.07) is 20.8. The molecule has 4 heteroatoms. The van der Waals surface area contributed by atoms with Crippen LogP contribution < -0.4 is 11.5 Å². The van der Waals surface area contributed by atoms with Crippen LogP contribution in [0.15, 0.2) is 60.7 Å². The van der Waals surface area contributed by atoms with Crippen molar-refractivity contribution >= 4 is 19.5 Å². The quantitative estimate of drug-likeness (QED) is 0.534. The predicted octanol–water partition coefficient (Wildman–Crippen LogP) is 2.30. The lowest BCUT2D eigenvalue weighted by Gasteiger charge is -1.98. The minimum absolute atomic E-state index is 0. The Balaban J connectivity index is 0.000000453. The second-order valence-electron chi connectivity index (χ2n) is 3.19. The van der Waals surface area contributed by atoms with Crippen molar-refractivity contribution < 1.29 is 0 Å². The smallest absolute Gasteiger partial charge is 0.183 e. The van der Waals surface area contributed by atoms with Gasteiger partial charge in [-0.3, -0.25) is 5.41 Å². The van der Waals surface area contributed by atoms with E-state index in [0.29, 0.717) is 0 Å². The molecule has 2 aromatic carbocycles. The molecule has 0 unspecified atom stereocenters. The third-order valence-corrected chi connectivity index (χ3v) is 1.88. The van der Waals surface area contributed by atoms with Crippen molar-refractivity contribution in [1.29, 1.82) is 5.41 Å². The highest BCUT2D eigenvalue weighted by Gasteiger charge is 1.91. The fourth-order valence-corrected chi connectivity index (χ4v) is 1.26. The summed E-state index contributed by atoms with van der Waals surface area (Å²) >= 11 is 0. The Hall–Kier alpha value is -1.94. The first kappa shape index (κ1) is 15.1. The van der Waals surface area contributed by atoms with Crippen LogP contribution in [-0.4, -0.2) is 5.96 Å². The van der Waals surface area contributed by atoms with E-state index in [2.05, 4.69) is 60.0 Å². The van der Waals surface area contributed by atoms with Crippen molar-refractivity contribution in [3.63, 3.8) is 0 Å². The molecule has 0 aromatic heterocycles. The van der Waals surface area contributed by atoms with E-state index in [1.54, 1.807) is 0 Å². The first-order chi connectivity index (χ1) is 7.70. The molecule has 0 bridgehead atoms. The SMILES string of the molecule is N=C(N)N.S.c1ccc(-c2ccccc2)cc1. The standard InChI is InChI=1S/C12H10.CH5N3.H2S/c1-3-7-11(8-4-1)12-9-5-2-6-10-12;2-1(3)4;/h1-10H;(H5,2,3,4);1H2. The number of hydrogen-bond acceptors (Lipinski definition) is 1. The van der Waals surface area contributed by atoms with Crippen LogP contribution in [0.4, 0.5) is 0 Å². The molecule has 5 N–H and O–H groups in total. The molecule has 0 heterocycles. The van der Waals surface area contributed by atoms with Gasteiger partial charge in [-0.1, -0.05) is 60.7 Å². The fourth-order valence-electron chi connectivity index (χ4n) is 1.26. The van der Waals surface area contributed by atoms with Crippen molar-refractivity contribution in [2.75, 3.05) is 0 Å². The first-order valence-electron chi connectivity index (χ1n) is 4.90. The average Bonchev–Trinajstić information content (AvgIpc) is 2.31. The Labute approximate surface area is 108 Å². The zero-order chi connectivity index (χ0) is 11.8. The molecule has 0 amide bonds. The van der Waals surface area contributed by atoms with Gasteiger partial charge in [0.2, 0.25) is 0 Å². The Bertz CT molecular complexity index is 387. The first-order valence-corrected chi connectivity index (χ1v) is 4.90. The summed E-state index contributed by atoms with van der Waals surface area (Å²) in [5.74, 6) is -0.333. The van der Waals surface area contributed by atoms with Crippen LogP contribution in [0.5, 0.6) is 0 Å². The summed E-state index contributed by atoms with van der Waals surface area (Å²) < 4.78 is 0. The molecular formula is C13H17N3S. The summed E-state index contributed by atoms with van der Waals surface area (Å²) in [5, 5.41) is 6.06. The van der Waals surface area contributed by atoms with E-state index in [0.717, 1.165) is 0 Å². The maximum absolute atomic E-state index is 6.06. The van der Waals surface area contributed by atoms with Gasteiger partial charge in [-0.2, -0.15) is 13.5 Å². The van der Waals surface area contributed by atoms with Crippen LogP contribution in [0.25, 0.3) is 11.1 Å². The molecule has 0 saturated heterocycles. The van der Waals surface area contributed by atoms with Crippen LogP contribution >= 0.6 is 13.5 Å². The summed E-state index contributed by atoms with van der Waals surface area (Å²) in [6.07, 6.45) is 0. The van der Waals surface area contributed by atoms with Crippen molar-refractivity contribution in [2.45, 2.75) is 0 Å². The number of benzene rings is 2. The van der Waals surface area contributed by atoms with Gasteiger partial charge in [-0.05, 0) is 11.1 Å². The minimum Gasteiger partial charge on any atom is -0.370 e. The lowest BCUT2D eigenvalue weighted by Crippen LogP contribution is -2.20. The van der Waals surface area contributed by atoms with Crippen molar-refractivity contribution in [2.24, 2.45) is 11.5 Å². The highest BCUT2D eigenvalue weighted by molar-refractivity contribution is 7.59. The van der Waals surface area contributed by atoms with E-state index < -0.39 is 0 Å². The van der Waals surface area contributed by atoms with Gasteiger partial charge in [-0.15, -0.1) is 0 Å². The summed E-state index contributed by atoms with van der Waals surface area (Å²) in [5.41, 5.74) is 11.5. The maximum atomic E-state index is 6.06. The zero-order valence-electron chi connectivity index (χ0n) is 9.43. The Morgan fingerprint density at radius 1 is 0.706 bits per heavy atom. The Morgan fingerprint density at radius 3 is 1.18 bits per heavy atom. The van der Waals surface area contributed by atoms with Gasteiger partial charge in [0.05, 0.1) is 0 Å². The molecule has 0 saturated carbocycles. The maximum Gasteiger partial charge on any atom is 0.183 e. The molecule has 2 aromatic rings. The molecule has 17 heavy (non-hydrogen) atoms. The lowest BCUT2D eigenvalue weighted by atomic mass is 10.1. The van der Waals surface area contributed by atoms with Crippen molar-refractivity contribution in [1.82, 2.24) is 0 Å². The number of rotatable bonds is 1. The van der Waals surface area contributed by atoms with Gasteiger partial charge < -0.3 is 11.5 Å². The summed E-state index contributed by atoms with van der Waals surface area (Å²) in [4.78, 5) is 0. The molecule has 3 nitrogen and oxygen atoms in total. The minimum atomic E-state index is -0.333. The van der Waals surface area contributed by atoms with E-state index in [1.165, 1.54) is 11.1 Å². The zero-order valence-corrected chi connectivity index (χ0v) is 10.4. The van der Waals surface area contributed by atoms with E-state index in [-0.39, 0.29) is 19.5 Å². The van der Waals surface area contributed by atoms with E-state index >= 15 is 0 Å². The summed E-state index contributed by atoms with van der Waals surface area (Å²) in [6.45, 7) is 0. The van der Waals surface area contributed by atoms with Crippen LogP contribution in [0, 0.1) is 5.41 Å². The molecule has 0 atom stereocenters. The normalized spacial score (nSPS) is 8.24. The van der Waals surface area contributed by atoms with Crippen molar-refractivity contribution in [3.8, 4) is 11.1 Å². The van der Waals surface area contributed by atoms with Crippen LogP contribution in [-0.2, 0) is 0 Å². The highest BCUT2D eigenvalue weighted by Crippen LogP contribution is 2.17. The molecule has 0 aliphatic carbocycles. The van der Waals surface area contributed by atoms with Gasteiger partial charge in [0.25, 0.3) is 0 Å². The Morgan fingerprint density at radius 2 is 0.941 bits per heavy atom. The molecule has 0 aliphatic heterocycles. The average molecular weight is 247 g/mol. The van der Waals surface area contributed by atoms with Gasteiger partial charge >= 0.3 is 0 Å². The number of nitrogens with two attached hydrogens (primary N) is 2. The predicted molar refractivity (Wildman–Crippen MR) is 78.4 cm³/mol. The van der Waals surface area contributed by atoms with Gasteiger partial charge in [-0.25, -0.2) is 0 Å². The van der Waals surface area contributed by atoms with Gasteiger partial charge in [0, 0.05) is 0 Å². The number of hydrogen-bond donors (Lipinski definition) is 3. The molecule has 2 rings (SSSR count). The van der Waals surface area contributed by atoms with Crippen molar-refractivity contribution in [3.05, 3.63) is 60.7 Å². The fraction of sp³-hybridized carbons (Fsp3) is 0. The summed E-state index contributed by atoms with van der Waals surface area (Å²) in [7, 11) is 0. The van der Waals surface area contributed by atoms with Crippen LogP contribution in [0.3, 0.4) is 0 Å². The number of guanidine groups is 1. The molecular weight excluding hydrogens is 230 g/mol. The number of nitrogens with one attached hydrogen (secondary N) is 1. The van der Waals surface area contributed by atoms with Crippen LogP contribution in [0.2, 0.25) is 0 Å². The molecule has 0 spiro atoms. The second-order valence-corrected chi connectivity index (χ2v) is 3.19. The third kappa shape index (κ3) is 6.27. The van der Waals surface area contributed by atoms with Gasteiger partial charge in [0.15, 0.2) is 5.96 Å². The van der Waals surface area contributed by atoms with E-state index in [4.69, 9.17) is 5.41 Å². The Kier molecular flexibility index (Phi) is 7.30. The lowest BCUT2D eigenvalue weighted by molar-refractivity contribution is 1.39. The highest BCUT2D eigenvalue weighted by atomic mass is 32.1. The van der Waals surface area contributed by atoms with E-state index in [1.807, 2.05) is 12.1 Å². The monoisotopic (exact) mass is 247 g/mol. The third-order valence-electron chi connectivity index (χ3n) is 1.88. The second kappa shape index (κ2) is 8.24. The molecule has 90 valence electrons.